The van der Waals surface area contributed by atoms with E-state index in [0.29, 0.717) is 16.9 Å². The molecule has 0 saturated carbocycles. The number of hydrogen-bond acceptors (Lipinski definition) is 6. The minimum absolute atomic E-state index is 0.128. The van der Waals surface area contributed by atoms with Gasteiger partial charge in [-0.3, -0.25) is 10.1 Å². The molecular formula is C20H14N2O5. The quantitative estimate of drug-likeness (QED) is 0.404. The predicted octanol–water partition coefficient (Wildman–Crippen LogP) is 5.01. The van der Waals surface area contributed by atoms with Crippen molar-refractivity contribution in [2.75, 3.05) is 5.32 Å². The van der Waals surface area contributed by atoms with Crippen LogP contribution in [-0.4, -0.2) is 4.92 Å². The lowest BCUT2D eigenvalue weighted by Crippen LogP contribution is -2.01. The summed E-state index contributed by atoms with van der Waals surface area (Å²) in [4.78, 5) is 23.5. The maximum atomic E-state index is 12.5. The number of hydrogen-bond donors (Lipinski definition) is 1. The number of para-hydroxylation sites is 2. The summed E-state index contributed by atoms with van der Waals surface area (Å²) in [6.45, 7) is 1.64. The van der Waals surface area contributed by atoms with Gasteiger partial charge in [0.1, 0.15) is 16.7 Å². The summed E-state index contributed by atoms with van der Waals surface area (Å²) in [6, 6.07) is 17.0. The van der Waals surface area contributed by atoms with Crippen LogP contribution < -0.4 is 10.9 Å². The second kappa shape index (κ2) is 6.45. The van der Waals surface area contributed by atoms with Gasteiger partial charge in [0, 0.05) is 17.8 Å². The number of furan rings is 1. The third kappa shape index (κ3) is 2.95. The molecule has 27 heavy (non-hydrogen) atoms. The standard InChI is InChI=1S/C20H14N2O5/c1-12-11-16-18(20(23)26-12)17(14-9-5-6-10-15(14)22(24)25)19(27-16)21-13-7-3-2-4-8-13/h2-11,21H,1H3. The minimum Gasteiger partial charge on any atom is -0.439 e. The highest BCUT2D eigenvalue weighted by Gasteiger charge is 2.26. The van der Waals surface area contributed by atoms with Crippen molar-refractivity contribution >= 4 is 28.2 Å². The number of rotatable bonds is 4. The Morgan fingerprint density at radius 1 is 1.00 bits per heavy atom. The van der Waals surface area contributed by atoms with Crippen molar-refractivity contribution in [3.05, 3.63) is 87.0 Å². The summed E-state index contributed by atoms with van der Waals surface area (Å²) in [5.41, 5.74) is 0.859. The van der Waals surface area contributed by atoms with E-state index in [2.05, 4.69) is 5.32 Å². The lowest BCUT2D eigenvalue weighted by atomic mass is 10.0. The molecule has 0 saturated heterocycles. The van der Waals surface area contributed by atoms with Crippen molar-refractivity contribution < 1.29 is 13.8 Å². The van der Waals surface area contributed by atoms with Gasteiger partial charge in [-0.25, -0.2) is 4.79 Å². The topological polar surface area (TPSA) is 98.5 Å². The van der Waals surface area contributed by atoms with Crippen LogP contribution in [0.15, 0.2) is 74.3 Å². The van der Waals surface area contributed by atoms with Crippen LogP contribution in [-0.2, 0) is 0 Å². The van der Waals surface area contributed by atoms with Crippen LogP contribution in [0, 0.1) is 17.0 Å². The number of nitro benzene ring substituents is 1. The third-order valence-corrected chi connectivity index (χ3v) is 4.13. The maximum absolute atomic E-state index is 12.5. The normalized spacial score (nSPS) is 10.9. The smallest absolute Gasteiger partial charge is 0.347 e. The summed E-state index contributed by atoms with van der Waals surface area (Å²) in [6.07, 6.45) is 0. The molecule has 2 aromatic heterocycles. The molecule has 1 N–H and O–H groups in total. The molecule has 0 unspecified atom stereocenters. The van der Waals surface area contributed by atoms with Gasteiger partial charge in [0.25, 0.3) is 5.69 Å². The molecule has 7 heteroatoms. The molecule has 2 aromatic carbocycles. The van der Waals surface area contributed by atoms with E-state index in [1.807, 2.05) is 30.3 Å². The van der Waals surface area contributed by atoms with Gasteiger partial charge in [0.05, 0.1) is 16.1 Å². The van der Waals surface area contributed by atoms with Crippen molar-refractivity contribution in [1.82, 2.24) is 0 Å². The first-order valence-electron chi connectivity index (χ1n) is 8.17. The van der Waals surface area contributed by atoms with E-state index in [4.69, 9.17) is 8.83 Å². The molecule has 4 aromatic rings. The highest BCUT2D eigenvalue weighted by atomic mass is 16.6. The largest absolute Gasteiger partial charge is 0.439 e. The third-order valence-electron chi connectivity index (χ3n) is 4.13. The average Bonchev–Trinajstić information content (AvgIpc) is 3.00. The molecule has 0 radical (unpaired) electrons. The van der Waals surface area contributed by atoms with Gasteiger partial charge in [-0.05, 0) is 25.1 Å². The second-order valence-corrected chi connectivity index (χ2v) is 5.96. The predicted molar refractivity (Wildman–Crippen MR) is 101 cm³/mol. The van der Waals surface area contributed by atoms with E-state index < -0.39 is 10.5 Å². The first kappa shape index (κ1) is 16.6. The molecule has 0 amide bonds. The van der Waals surface area contributed by atoms with E-state index in [1.54, 1.807) is 31.2 Å². The summed E-state index contributed by atoms with van der Waals surface area (Å²) < 4.78 is 11.1. The zero-order chi connectivity index (χ0) is 19.0. The van der Waals surface area contributed by atoms with E-state index in [0.717, 1.165) is 5.69 Å². The molecule has 4 rings (SSSR count). The summed E-state index contributed by atoms with van der Waals surface area (Å²) in [7, 11) is 0. The summed E-state index contributed by atoms with van der Waals surface area (Å²) in [5, 5.41) is 14.8. The van der Waals surface area contributed by atoms with Gasteiger partial charge in [0.15, 0.2) is 0 Å². The highest BCUT2D eigenvalue weighted by Crippen LogP contribution is 2.42. The van der Waals surface area contributed by atoms with E-state index in [1.165, 1.54) is 6.07 Å². The SMILES string of the molecule is Cc1cc2oc(Nc3ccccc3)c(-c3ccccc3[N+](=O)[O-])c2c(=O)o1. The second-order valence-electron chi connectivity index (χ2n) is 5.96. The molecule has 0 aliphatic carbocycles. The first-order chi connectivity index (χ1) is 13.0. The first-order valence-corrected chi connectivity index (χ1v) is 8.17. The number of anilines is 2. The average molecular weight is 362 g/mol. The van der Waals surface area contributed by atoms with Gasteiger partial charge in [-0.2, -0.15) is 0 Å². The zero-order valence-corrected chi connectivity index (χ0v) is 14.3. The Kier molecular flexibility index (Phi) is 3.97. The van der Waals surface area contributed by atoms with E-state index in [9.17, 15) is 14.9 Å². The summed E-state index contributed by atoms with van der Waals surface area (Å²) in [5.74, 6) is 0.630. The molecule has 2 heterocycles. The van der Waals surface area contributed by atoms with Gasteiger partial charge in [0.2, 0.25) is 5.88 Å². The number of benzene rings is 2. The molecule has 0 bridgehead atoms. The highest BCUT2D eigenvalue weighted by molar-refractivity contribution is 6.02. The van der Waals surface area contributed by atoms with Crippen molar-refractivity contribution in [2.24, 2.45) is 0 Å². The van der Waals surface area contributed by atoms with Crippen LogP contribution in [0.25, 0.3) is 22.1 Å². The zero-order valence-electron chi connectivity index (χ0n) is 14.3. The van der Waals surface area contributed by atoms with Crippen LogP contribution in [0.4, 0.5) is 17.3 Å². The Bertz CT molecular complexity index is 1210. The van der Waals surface area contributed by atoms with Crippen molar-refractivity contribution in [2.45, 2.75) is 6.92 Å². The van der Waals surface area contributed by atoms with Crippen LogP contribution in [0.5, 0.6) is 0 Å². The molecule has 0 fully saturated rings. The van der Waals surface area contributed by atoms with Crippen LogP contribution >= 0.6 is 0 Å². The fourth-order valence-electron chi connectivity index (χ4n) is 3.01. The van der Waals surface area contributed by atoms with Crippen molar-refractivity contribution in [1.29, 1.82) is 0 Å². The Hall–Kier alpha value is -3.87. The maximum Gasteiger partial charge on any atom is 0.347 e. The molecule has 0 spiro atoms. The number of aryl methyl sites for hydroxylation is 1. The Morgan fingerprint density at radius 2 is 1.70 bits per heavy atom. The van der Waals surface area contributed by atoms with Gasteiger partial charge < -0.3 is 14.2 Å². The minimum atomic E-state index is -0.608. The summed E-state index contributed by atoms with van der Waals surface area (Å²) >= 11 is 0. The van der Waals surface area contributed by atoms with Crippen LogP contribution in [0.1, 0.15) is 5.76 Å². The number of nitro groups is 1. The van der Waals surface area contributed by atoms with E-state index >= 15 is 0 Å². The van der Waals surface area contributed by atoms with Crippen LogP contribution in [0.3, 0.4) is 0 Å². The molecule has 0 aliphatic heterocycles. The fraction of sp³-hybridized carbons (Fsp3) is 0.0500. The Balaban J connectivity index is 2.04. The van der Waals surface area contributed by atoms with Gasteiger partial charge in [-0.15, -0.1) is 0 Å². The fourth-order valence-corrected chi connectivity index (χ4v) is 3.01. The lowest BCUT2D eigenvalue weighted by molar-refractivity contribution is -0.384. The molecule has 0 atom stereocenters. The molecular weight excluding hydrogens is 348 g/mol. The lowest BCUT2D eigenvalue weighted by Gasteiger charge is -2.07. The molecule has 7 nitrogen and oxygen atoms in total. The van der Waals surface area contributed by atoms with Crippen LogP contribution in [0.2, 0.25) is 0 Å². The molecule has 0 aliphatic rings. The van der Waals surface area contributed by atoms with Crippen molar-refractivity contribution in [3.63, 3.8) is 0 Å². The number of fused-ring (bicyclic) bond motifs is 1. The monoisotopic (exact) mass is 362 g/mol. The Morgan fingerprint density at radius 3 is 2.44 bits per heavy atom. The number of nitrogens with zero attached hydrogens (tertiary/aromatic N) is 1. The van der Waals surface area contributed by atoms with Gasteiger partial charge in [-0.1, -0.05) is 30.3 Å². The van der Waals surface area contributed by atoms with Gasteiger partial charge >= 0.3 is 5.63 Å². The number of nitrogens with one attached hydrogen (secondary N) is 1. The van der Waals surface area contributed by atoms with E-state index in [-0.39, 0.29) is 22.5 Å². The van der Waals surface area contributed by atoms with Crippen molar-refractivity contribution in [3.8, 4) is 11.1 Å². The Labute approximate surface area is 153 Å². The molecule has 134 valence electrons.